The Bertz CT molecular complexity index is 567. The van der Waals surface area contributed by atoms with Crippen LogP contribution in [0.25, 0.3) is 10.8 Å². The molecule has 0 bridgehead atoms. The zero-order valence-corrected chi connectivity index (χ0v) is 12.4. The van der Waals surface area contributed by atoms with Gasteiger partial charge >= 0.3 is 0 Å². The molecule has 1 unspecified atom stereocenters. The van der Waals surface area contributed by atoms with E-state index >= 15 is 0 Å². The van der Waals surface area contributed by atoms with Gasteiger partial charge in [-0.3, -0.25) is 0 Å². The van der Waals surface area contributed by atoms with Crippen LogP contribution in [0.5, 0.6) is 5.75 Å². The predicted molar refractivity (Wildman–Crippen MR) is 84.3 cm³/mol. The Balaban J connectivity index is 2.18. The molecule has 0 saturated heterocycles. The van der Waals surface area contributed by atoms with Gasteiger partial charge in [-0.1, -0.05) is 19.9 Å². The minimum Gasteiger partial charge on any atom is -0.508 e. The molecule has 0 spiro atoms. The second-order valence-electron chi connectivity index (χ2n) is 5.10. The molecule has 2 rings (SSSR count). The van der Waals surface area contributed by atoms with E-state index in [2.05, 4.69) is 36.0 Å². The summed E-state index contributed by atoms with van der Waals surface area (Å²) in [5.74, 6) is 1.10. The van der Waals surface area contributed by atoms with Gasteiger partial charge in [-0.25, -0.2) is 4.98 Å². The van der Waals surface area contributed by atoms with Crippen LogP contribution in [0.1, 0.15) is 20.8 Å². The van der Waals surface area contributed by atoms with Gasteiger partial charge in [0.15, 0.2) is 0 Å². The lowest BCUT2D eigenvalue weighted by Crippen LogP contribution is -2.34. The molecule has 20 heavy (non-hydrogen) atoms. The molecule has 108 valence electrons. The largest absolute Gasteiger partial charge is 0.508 e. The van der Waals surface area contributed by atoms with Crippen LogP contribution in [0.2, 0.25) is 0 Å². The van der Waals surface area contributed by atoms with Crippen molar-refractivity contribution < 1.29 is 5.11 Å². The number of anilines is 1. The zero-order valence-electron chi connectivity index (χ0n) is 12.4. The molecule has 0 amide bonds. The second-order valence-corrected chi connectivity index (χ2v) is 5.10. The van der Waals surface area contributed by atoms with Crippen molar-refractivity contribution in [2.45, 2.75) is 26.8 Å². The summed E-state index contributed by atoms with van der Waals surface area (Å²) >= 11 is 0. The summed E-state index contributed by atoms with van der Waals surface area (Å²) in [6, 6.07) is 7.62. The fourth-order valence-corrected chi connectivity index (χ4v) is 2.42. The Morgan fingerprint density at radius 3 is 2.70 bits per heavy atom. The number of pyridine rings is 1. The van der Waals surface area contributed by atoms with Gasteiger partial charge in [0.1, 0.15) is 11.6 Å². The van der Waals surface area contributed by atoms with E-state index in [0.29, 0.717) is 6.04 Å². The molecule has 2 N–H and O–H groups in total. The van der Waals surface area contributed by atoms with Crippen molar-refractivity contribution in [3.05, 3.63) is 30.5 Å². The standard InChI is InChI=1S/C16H23N3O/c1-4-19(5-2)11-12(3)18-16-15-10-14(20)7-6-13(15)8-9-17-16/h6-10,12,20H,4-5,11H2,1-3H3,(H,17,18). The Labute approximate surface area is 120 Å². The molecule has 1 heterocycles. The smallest absolute Gasteiger partial charge is 0.134 e. The average Bonchev–Trinajstić information content (AvgIpc) is 2.45. The van der Waals surface area contributed by atoms with Crippen LogP contribution in [-0.4, -0.2) is 40.7 Å². The van der Waals surface area contributed by atoms with Crippen molar-refractivity contribution in [2.24, 2.45) is 0 Å². The van der Waals surface area contributed by atoms with Crippen LogP contribution in [0, 0.1) is 0 Å². The normalized spacial score (nSPS) is 12.8. The summed E-state index contributed by atoms with van der Waals surface area (Å²) in [5, 5.41) is 15.1. The molecule has 2 aromatic rings. The minimum atomic E-state index is 0.268. The van der Waals surface area contributed by atoms with Crippen molar-refractivity contribution in [3.8, 4) is 5.75 Å². The molecule has 1 aromatic carbocycles. The van der Waals surface area contributed by atoms with E-state index in [1.807, 2.05) is 12.1 Å². The maximum absolute atomic E-state index is 9.65. The number of fused-ring (bicyclic) bond motifs is 1. The first kappa shape index (κ1) is 14.6. The van der Waals surface area contributed by atoms with E-state index in [0.717, 1.165) is 36.2 Å². The summed E-state index contributed by atoms with van der Waals surface area (Å²) in [6.45, 7) is 9.57. The molecular weight excluding hydrogens is 250 g/mol. The van der Waals surface area contributed by atoms with Crippen molar-refractivity contribution in [2.75, 3.05) is 25.0 Å². The third kappa shape index (κ3) is 3.39. The summed E-state index contributed by atoms with van der Waals surface area (Å²) < 4.78 is 0. The first-order chi connectivity index (χ1) is 9.63. The Hall–Kier alpha value is -1.81. The highest BCUT2D eigenvalue weighted by atomic mass is 16.3. The fourth-order valence-electron chi connectivity index (χ4n) is 2.42. The van der Waals surface area contributed by atoms with Crippen LogP contribution in [0.15, 0.2) is 30.5 Å². The molecule has 4 nitrogen and oxygen atoms in total. The van der Waals surface area contributed by atoms with Gasteiger partial charge in [-0.05, 0) is 43.6 Å². The third-order valence-electron chi connectivity index (χ3n) is 3.56. The molecule has 0 aliphatic rings. The SMILES string of the molecule is CCN(CC)CC(C)Nc1nccc2ccc(O)cc12. The summed E-state index contributed by atoms with van der Waals surface area (Å²) in [6.07, 6.45) is 1.80. The average molecular weight is 273 g/mol. The van der Waals surface area contributed by atoms with Gasteiger partial charge in [0.2, 0.25) is 0 Å². The van der Waals surface area contributed by atoms with Crippen LogP contribution in [0.3, 0.4) is 0 Å². The maximum atomic E-state index is 9.65. The Morgan fingerprint density at radius 1 is 1.25 bits per heavy atom. The maximum Gasteiger partial charge on any atom is 0.134 e. The molecule has 0 fully saturated rings. The first-order valence-electron chi connectivity index (χ1n) is 7.20. The second kappa shape index (κ2) is 6.57. The minimum absolute atomic E-state index is 0.268. The van der Waals surface area contributed by atoms with Crippen molar-refractivity contribution in [3.63, 3.8) is 0 Å². The molecular formula is C16H23N3O. The molecule has 0 saturated carbocycles. The van der Waals surface area contributed by atoms with Crippen molar-refractivity contribution in [1.82, 2.24) is 9.88 Å². The third-order valence-corrected chi connectivity index (χ3v) is 3.56. The van der Waals surface area contributed by atoms with E-state index in [-0.39, 0.29) is 5.75 Å². The Kier molecular flexibility index (Phi) is 4.79. The van der Waals surface area contributed by atoms with Gasteiger partial charge in [0, 0.05) is 24.2 Å². The van der Waals surface area contributed by atoms with Gasteiger partial charge in [0.25, 0.3) is 0 Å². The summed E-state index contributed by atoms with van der Waals surface area (Å²) in [5.41, 5.74) is 0. The molecule has 1 atom stereocenters. The van der Waals surface area contributed by atoms with Crippen LogP contribution in [0.4, 0.5) is 5.82 Å². The summed E-state index contributed by atoms with van der Waals surface area (Å²) in [4.78, 5) is 6.78. The van der Waals surface area contributed by atoms with E-state index < -0.39 is 0 Å². The molecule has 1 aromatic heterocycles. The molecule has 4 heteroatoms. The lowest BCUT2D eigenvalue weighted by atomic mass is 10.1. The van der Waals surface area contributed by atoms with E-state index in [1.54, 1.807) is 18.3 Å². The lowest BCUT2D eigenvalue weighted by Gasteiger charge is -2.24. The number of phenolic OH excluding ortho intramolecular Hbond substituents is 1. The number of aromatic hydroxyl groups is 1. The van der Waals surface area contributed by atoms with E-state index in [9.17, 15) is 5.11 Å². The zero-order chi connectivity index (χ0) is 14.5. The van der Waals surface area contributed by atoms with Gasteiger partial charge in [-0.15, -0.1) is 0 Å². The monoisotopic (exact) mass is 273 g/mol. The van der Waals surface area contributed by atoms with Gasteiger partial charge in [0.05, 0.1) is 0 Å². The molecule has 0 aliphatic heterocycles. The number of nitrogens with zero attached hydrogens (tertiary/aromatic N) is 2. The highest BCUT2D eigenvalue weighted by Gasteiger charge is 2.10. The number of benzene rings is 1. The van der Waals surface area contributed by atoms with E-state index in [1.165, 1.54) is 0 Å². The fraction of sp³-hybridized carbons (Fsp3) is 0.438. The Morgan fingerprint density at radius 2 is 2.00 bits per heavy atom. The van der Waals surface area contributed by atoms with Crippen LogP contribution < -0.4 is 5.32 Å². The molecule has 0 radical (unpaired) electrons. The highest BCUT2D eigenvalue weighted by molar-refractivity contribution is 5.92. The number of hydrogen-bond acceptors (Lipinski definition) is 4. The van der Waals surface area contributed by atoms with Gasteiger partial charge < -0.3 is 15.3 Å². The highest BCUT2D eigenvalue weighted by Crippen LogP contribution is 2.25. The first-order valence-corrected chi connectivity index (χ1v) is 7.20. The topological polar surface area (TPSA) is 48.4 Å². The number of likely N-dealkylation sites (N-methyl/N-ethyl adjacent to an activating group) is 1. The molecule has 0 aliphatic carbocycles. The van der Waals surface area contributed by atoms with Crippen LogP contribution >= 0.6 is 0 Å². The quantitative estimate of drug-likeness (QED) is 0.849. The van der Waals surface area contributed by atoms with Crippen LogP contribution in [-0.2, 0) is 0 Å². The number of aromatic nitrogens is 1. The summed E-state index contributed by atoms with van der Waals surface area (Å²) in [7, 11) is 0. The number of rotatable bonds is 6. The van der Waals surface area contributed by atoms with E-state index in [4.69, 9.17) is 0 Å². The van der Waals surface area contributed by atoms with Gasteiger partial charge in [-0.2, -0.15) is 0 Å². The number of nitrogens with one attached hydrogen (secondary N) is 1. The number of phenols is 1. The van der Waals surface area contributed by atoms with Crippen molar-refractivity contribution in [1.29, 1.82) is 0 Å². The van der Waals surface area contributed by atoms with Crippen molar-refractivity contribution >= 4 is 16.6 Å². The number of hydrogen-bond donors (Lipinski definition) is 2. The predicted octanol–water partition coefficient (Wildman–Crippen LogP) is 3.08. The lowest BCUT2D eigenvalue weighted by molar-refractivity contribution is 0.294.